The average molecular weight is 208 g/mol. The third kappa shape index (κ3) is 7.83. The summed E-state index contributed by atoms with van der Waals surface area (Å²) in [5.74, 6) is 7.94. The summed E-state index contributed by atoms with van der Waals surface area (Å²) in [7, 11) is 0. The second-order valence-corrected chi connectivity index (χ2v) is 1.68. The Balaban J connectivity index is 0. The van der Waals surface area contributed by atoms with Crippen LogP contribution in [0.3, 0.4) is 0 Å². The Morgan fingerprint density at radius 3 is 1.43 bits per heavy atom. The number of nitrogens with two attached hydrogens (primary N) is 3. The summed E-state index contributed by atoms with van der Waals surface area (Å²) >= 11 is 0. The minimum atomic E-state index is -1.20. The number of nitrogens with zero attached hydrogens (tertiary/aromatic N) is 3. The van der Waals surface area contributed by atoms with E-state index in [-0.39, 0.29) is 0 Å². The standard InChI is InChI=1S/C2H2N2O4.CH6N4O/c1-2(3(5)6)4(7)8;2-1(6)5(3)4/h1H2;3-4H2,(H2,2,6). The highest BCUT2D eigenvalue weighted by Crippen LogP contribution is 1.88. The van der Waals surface area contributed by atoms with Crippen LogP contribution < -0.4 is 17.4 Å². The third-order valence-electron chi connectivity index (χ3n) is 0.676. The SMILES string of the molecule is C=C([N+](=O)[O-])[N+](=O)[O-].NC(=O)N(N)N. The summed E-state index contributed by atoms with van der Waals surface area (Å²) in [4.78, 5) is 26.1. The number of hydrazine groups is 2. The Morgan fingerprint density at radius 2 is 1.43 bits per heavy atom. The van der Waals surface area contributed by atoms with E-state index in [1.165, 1.54) is 0 Å². The maximum atomic E-state index is 9.60. The summed E-state index contributed by atoms with van der Waals surface area (Å²) in [6.45, 7) is 2.56. The lowest BCUT2D eigenvalue weighted by Crippen LogP contribution is -2.46. The third-order valence-corrected chi connectivity index (χ3v) is 0.676. The maximum Gasteiger partial charge on any atom is 0.551 e. The van der Waals surface area contributed by atoms with E-state index in [2.05, 4.69) is 24.0 Å². The van der Waals surface area contributed by atoms with E-state index >= 15 is 0 Å². The zero-order valence-electron chi connectivity index (χ0n) is 6.82. The number of rotatable bonds is 2. The van der Waals surface area contributed by atoms with Gasteiger partial charge >= 0.3 is 11.9 Å². The first-order valence-electron chi connectivity index (χ1n) is 2.76. The molecule has 0 aliphatic carbocycles. The topological polar surface area (TPSA) is 185 Å². The van der Waals surface area contributed by atoms with Gasteiger partial charge in [-0.1, -0.05) is 0 Å². The van der Waals surface area contributed by atoms with Crippen molar-refractivity contribution in [2.75, 3.05) is 0 Å². The van der Waals surface area contributed by atoms with Crippen LogP contribution in [0.15, 0.2) is 12.4 Å². The Kier molecular flexibility index (Phi) is 6.39. The fourth-order valence-corrected chi connectivity index (χ4v) is 0.0667. The van der Waals surface area contributed by atoms with Gasteiger partial charge in [-0.05, 0) is 0 Å². The van der Waals surface area contributed by atoms with Crippen molar-refractivity contribution in [1.29, 1.82) is 0 Å². The first kappa shape index (κ1) is 14.3. The molecule has 0 spiro atoms. The van der Waals surface area contributed by atoms with Crippen molar-refractivity contribution < 1.29 is 14.6 Å². The van der Waals surface area contributed by atoms with Gasteiger partial charge in [0, 0.05) is 0 Å². The first-order valence-corrected chi connectivity index (χ1v) is 2.76. The highest BCUT2D eigenvalue weighted by molar-refractivity contribution is 5.70. The van der Waals surface area contributed by atoms with E-state index in [9.17, 15) is 25.0 Å². The monoisotopic (exact) mass is 208 g/mol. The number of carbonyl (C=O) groups is 1. The number of amides is 2. The molecule has 11 heteroatoms. The number of hydrogen-bond donors (Lipinski definition) is 3. The molecule has 0 saturated carbocycles. The van der Waals surface area contributed by atoms with Crippen molar-refractivity contribution >= 4 is 6.03 Å². The van der Waals surface area contributed by atoms with Gasteiger partial charge in [-0.15, -0.1) is 0 Å². The van der Waals surface area contributed by atoms with Gasteiger partial charge < -0.3 is 5.73 Å². The van der Waals surface area contributed by atoms with Crippen LogP contribution in [0.2, 0.25) is 0 Å². The minimum absolute atomic E-state index is 0.306. The van der Waals surface area contributed by atoms with E-state index in [0.29, 0.717) is 5.12 Å². The smallest absolute Gasteiger partial charge is 0.349 e. The van der Waals surface area contributed by atoms with E-state index in [4.69, 9.17) is 0 Å². The van der Waals surface area contributed by atoms with Gasteiger partial charge in [0.25, 0.3) is 0 Å². The van der Waals surface area contributed by atoms with Gasteiger partial charge in [0.15, 0.2) is 0 Å². The highest BCUT2D eigenvalue weighted by atomic mass is 16.7. The first-order chi connectivity index (χ1) is 6.20. The van der Waals surface area contributed by atoms with Crippen molar-refractivity contribution in [3.05, 3.63) is 32.6 Å². The molecule has 0 unspecified atom stereocenters. The molecule has 0 heterocycles. The van der Waals surface area contributed by atoms with E-state index in [1.54, 1.807) is 0 Å². The molecule has 11 nitrogen and oxygen atoms in total. The van der Waals surface area contributed by atoms with Crippen LogP contribution >= 0.6 is 0 Å². The molecule has 0 aromatic heterocycles. The molecular formula is C3H8N6O5. The molecule has 2 amide bonds. The van der Waals surface area contributed by atoms with E-state index in [1.807, 2.05) is 0 Å². The fourth-order valence-electron chi connectivity index (χ4n) is 0.0667. The zero-order valence-corrected chi connectivity index (χ0v) is 6.82. The van der Waals surface area contributed by atoms with Gasteiger partial charge in [0.2, 0.25) is 0 Å². The fraction of sp³-hybridized carbons (Fsp3) is 0. The second kappa shape index (κ2) is 6.27. The van der Waals surface area contributed by atoms with Crippen LogP contribution in [0.4, 0.5) is 4.79 Å². The summed E-state index contributed by atoms with van der Waals surface area (Å²) in [5, 5.41) is 19.1. The molecule has 0 aliphatic rings. The lowest BCUT2D eigenvalue weighted by Gasteiger charge is -2.00. The van der Waals surface area contributed by atoms with Crippen LogP contribution in [0, 0.1) is 20.2 Å². The molecule has 0 aromatic carbocycles. The molecule has 0 atom stereocenters. The predicted octanol–water partition coefficient (Wildman–Crippen LogP) is -1.87. The second-order valence-electron chi connectivity index (χ2n) is 1.68. The minimum Gasteiger partial charge on any atom is -0.349 e. The van der Waals surface area contributed by atoms with E-state index in [0.717, 1.165) is 0 Å². The molecule has 0 saturated heterocycles. The summed E-state index contributed by atoms with van der Waals surface area (Å²) in [5.41, 5.74) is 4.47. The molecular weight excluding hydrogens is 200 g/mol. The van der Waals surface area contributed by atoms with Gasteiger partial charge in [-0.25, -0.2) is 16.5 Å². The van der Waals surface area contributed by atoms with Gasteiger partial charge in [0.1, 0.15) is 9.85 Å². The molecule has 0 rings (SSSR count). The molecule has 80 valence electrons. The lowest BCUT2D eigenvalue weighted by atomic mass is 10.9. The average Bonchev–Trinajstić information content (AvgIpc) is 2.03. The molecule has 0 aromatic rings. The molecule has 6 N–H and O–H groups in total. The Hall–Kier alpha value is -2.27. The Bertz CT molecular complexity index is 244. The van der Waals surface area contributed by atoms with Crippen LogP contribution in [-0.2, 0) is 0 Å². The van der Waals surface area contributed by atoms with Gasteiger partial charge in [0.05, 0.1) is 6.58 Å². The summed E-state index contributed by atoms with van der Waals surface area (Å²) in [6, 6.07) is -0.852. The lowest BCUT2D eigenvalue weighted by molar-refractivity contribution is -0.615. The van der Waals surface area contributed by atoms with Gasteiger partial charge in [-0.3, -0.25) is 20.2 Å². The van der Waals surface area contributed by atoms with Gasteiger partial charge in [-0.2, -0.15) is 5.12 Å². The van der Waals surface area contributed by atoms with Crippen LogP contribution in [0.1, 0.15) is 0 Å². The Morgan fingerprint density at radius 1 is 1.21 bits per heavy atom. The predicted molar refractivity (Wildman–Crippen MR) is 42.9 cm³/mol. The molecule has 0 fully saturated rings. The largest absolute Gasteiger partial charge is 0.551 e. The summed E-state index contributed by atoms with van der Waals surface area (Å²) < 4.78 is 0. The van der Waals surface area contributed by atoms with Crippen molar-refractivity contribution in [2.24, 2.45) is 17.4 Å². The molecule has 0 aliphatic heterocycles. The highest BCUT2D eigenvalue weighted by Gasteiger charge is 2.19. The normalized spacial score (nSPS) is 7.86. The molecule has 0 radical (unpaired) electrons. The van der Waals surface area contributed by atoms with Crippen LogP contribution in [0.5, 0.6) is 0 Å². The molecule has 0 bridgehead atoms. The molecule has 14 heavy (non-hydrogen) atoms. The van der Waals surface area contributed by atoms with Crippen molar-refractivity contribution in [2.45, 2.75) is 0 Å². The Labute approximate surface area is 77.0 Å². The van der Waals surface area contributed by atoms with Crippen molar-refractivity contribution in [3.63, 3.8) is 0 Å². The zero-order chi connectivity index (χ0) is 11.9. The number of nitro groups is 2. The van der Waals surface area contributed by atoms with Crippen LogP contribution in [0.25, 0.3) is 0 Å². The number of carbonyl (C=O) groups excluding carboxylic acids is 1. The summed E-state index contributed by atoms with van der Waals surface area (Å²) in [6.07, 6.45) is 0. The number of primary amides is 1. The van der Waals surface area contributed by atoms with E-state index < -0.39 is 21.7 Å². The quantitative estimate of drug-likeness (QED) is 0.205. The van der Waals surface area contributed by atoms with Crippen molar-refractivity contribution in [1.82, 2.24) is 5.12 Å². The maximum absolute atomic E-state index is 9.60. The number of hydrogen-bond acceptors (Lipinski definition) is 7. The van der Waals surface area contributed by atoms with Crippen LogP contribution in [-0.4, -0.2) is 21.0 Å². The number of urea groups is 1. The van der Waals surface area contributed by atoms with Crippen molar-refractivity contribution in [3.8, 4) is 0 Å².